The smallest absolute Gasteiger partial charge is 0.222 e. The molecule has 0 bridgehead atoms. The summed E-state index contributed by atoms with van der Waals surface area (Å²) in [5.41, 5.74) is 1.26. The summed E-state index contributed by atoms with van der Waals surface area (Å²) < 4.78 is 5.42. The quantitative estimate of drug-likeness (QED) is 0.666. The van der Waals surface area contributed by atoms with Crippen molar-refractivity contribution in [3.63, 3.8) is 0 Å². The molecule has 0 fully saturated rings. The Balaban J connectivity index is 1.39. The van der Waals surface area contributed by atoms with Crippen molar-refractivity contribution in [2.75, 3.05) is 12.3 Å². The van der Waals surface area contributed by atoms with Crippen LogP contribution in [0.1, 0.15) is 30.6 Å². The van der Waals surface area contributed by atoms with Crippen molar-refractivity contribution in [3.05, 3.63) is 46.6 Å². The average molecular weight is 291 g/mol. The fourth-order valence-corrected chi connectivity index (χ4v) is 4.32. The number of carbonyl (C=O) groups is 1. The molecule has 3 rings (SSSR count). The van der Waals surface area contributed by atoms with Gasteiger partial charge in [0.2, 0.25) is 5.91 Å². The molecule has 0 atom stereocenters. The molecule has 2 aliphatic rings. The molecule has 0 aromatic carbocycles. The van der Waals surface area contributed by atoms with Crippen LogP contribution < -0.4 is 0 Å². The summed E-state index contributed by atoms with van der Waals surface area (Å²) in [6.45, 7) is 1.49. The van der Waals surface area contributed by atoms with Gasteiger partial charge in [0, 0.05) is 13.0 Å². The minimum atomic E-state index is -0.0198. The predicted molar refractivity (Wildman–Crippen MR) is 83.8 cm³/mol. The monoisotopic (exact) mass is 291 g/mol. The molecule has 2 aliphatic heterocycles. The lowest BCUT2D eigenvalue weighted by molar-refractivity contribution is -0.132. The van der Waals surface area contributed by atoms with E-state index >= 15 is 0 Å². The molecule has 0 N–H and O–H groups in total. The minimum Gasteiger partial charge on any atom is -0.467 e. The van der Waals surface area contributed by atoms with Gasteiger partial charge < -0.3 is 9.32 Å². The van der Waals surface area contributed by atoms with Gasteiger partial charge in [0.25, 0.3) is 0 Å². The van der Waals surface area contributed by atoms with Gasteiger partial charge in [-0.3, -0.25) is 4.79 Å². The van der Waals surface area contributed by atoms with Crippen molar-refractivity contribution in [3.8, 4) is 0 Å². The van der Waals surface area contributed by atoms with Gasteiger partial charge in [-0.05, 0) is 47.5 Å². The van der Waals surface area contributed by atoms with E-state index in [1.165, 1.54) is 11.3 Å². The Bertz CT molecular complexity index is 520. The Hall–Kier alpha value is -1.42. The summed E-state index contributed by atoms with van der Waals surface area (Å²) in [7, 11) is -0.0198. The third-order valence-electron chi connectivity index (χ3n) is 3.90. The molecule has 0 saturated heterocycles. The number of carbonyl (C=O) groups excluding carboxylic acids is 1. The van der Waals surface area contributed by atoms with E-state index in [9.17, 15) is 4.79 Å². The Morgan fingerprint density at radius 1 is 1.30 bits per heavy atom. The van der Waals surface area contributed by atoms with Crippen molar-refractivity contribution in [1.82, 2.24) is 4.90 Å². The predicted octanol–water partition coefficient (Wildman–Crippen LogP) is 3.38. The van der Waals surface area contributed by atoms with Gasteiger partial charge >= 0.3 is 0 Å². The molecule has 0 unspecified atom stereocenters. The van der Waals surface area contributed by atoms with Crippen molar-refractivity contribution in [1.29, 1.82) is 0 Å². The zero-order chi connectivity index (χ0) is 13.8. The first-order valence-electron chi connectivity index (χ1n) is 7.27. The Morgan fingerprint density at radius 2 is 2.15 bits per heavy atom. The molecule has 0 aliphatic carbocycles. The minimum absolute atomic E-state index is 0.0198. The number of allylic oxidation sites excluding steroid dienone is 2. The van der Waals surface area contributed by atoms with Crippen LogP contribution in [-0.4, -0.2) is 23.1 Å². The molecule has 20 heavy (non-hydrogen) atoms. The SMILES string of the molecule is O=C(CCCC[SH]1C=CC=C1)N1CCc2ccoc2C1. The summed E-state index contributed by atoms with van der Waals surface area (Å²) in [5.74, 6) is 2.46. The fraction of sp³-hybridized carbons (Fsp3) is 0.438. The standard InChI is InChI=1S/C16H21NO2S/c18-16(5-1-2-10-20-11-3-4-12-20)17-8-6-14-7-9-19-15(14)13-17/h3-4,7,9,11-12,20H,1-2,5-6,8,10,13H2. The third-order valence-corrected chi connectivity index (χ3v) is 5.84. The van der Waals surface area contributed by atoms with E-state index < -0.39 is 0 Å². The lowest BCUT2D eigenvalue weighted by atomic mass is 10.1. The van der Waals surface area contributed by atoms with E-state index in [-0.39, 0.29) is 16.8 Å². The van der Waals surface area contributed by atoms with Crippen LogP contribution in [0.4, 0.5) is 0 Å². The van der Waals surface area contributed by atoms with Crippen LogP contribution >= 0.6 is 10.9 Å². The van der Waals surface area contributed by atoms with Gasteiger partial charge in [-0.15, -0.1) is 0 Å². The molecule has 0 saturated carbocycles. The van der Waals surface area contributed by atoms with Crippen LogP contribution in [0.25, 0.3) is 0 Å². The number of fused-ring (bicyclic) bond motifs is 1. The number of unbranched alkanes of at least 4 members (excludes halogenated alkanes) is 1. The van der Waals surface area contributed by atoms with Crippen LogP contribution in [0.3, 0.4) is 0 Å². The van der Waals surface area contributed by atoms with Crippen LogP contribution in [0.2, 0.25) is 0 Å². The first-order chi connectivity index (χ1) is 9.83. The molecule has 3 heterocycles. The van der Waals surface area contributed by atoms with E-state index in [1.807, 2.05) is 11.0 Å². The first-order valence-corrected chi connectivity index (χ1v) is 8.93. The fourth-order valence-electron chi connectivity index (χ4n) is 2.70. The van der Waals surface area contributed by atoms with Gasteiger partial charge in [-0.25, -0.2) is 10.9 Å². The number of hydrogen-bond donors (Lipinski definition) is 1. The zero-order valence-corrected chi connectivity index (χ0v) is 12.5. The van der Waals surface area contributed by atoms with Gasteiger partial charge in [-0.2, -0.15) is 0 Å². The molecular weight excluding hydrogens is 270 g/mol. The Kier molecular flexibility index (Phi) is 4.31. The van der Waals surface area contributed by atoms with E-state index in [1.54, 1.807) is 6.26 Å². The number of rotatable bonds is 5. The third kappa shape index (κ3) is 3.18. The molecule has 3 nitrogen and oxygen atoms in total. The van der Waals surface area contributed by atoms with E-state index in [2.05, 4.69) is 23.0 Å². The van der Waals surface area contributed by atoms with Crippen LogP contribution in [0.5, 0.6) is 0 Å². The first kappa shape index (κ1) is 13.6. The van der Waals surface area contributed by atoms with Gasteiger partial charge in [-0.1, -0.05) is 12.2 Å². The maximum Gasteiger partial charge on any atom is 0.222 e. The topological polar surface area (TPSA) is 33.5 Å². The van der Waals surface area contributed by atoms with Crippen molar-refractivity contribution in [2.45, 2.75) is 32.2 Å². The molecule has 1 amide bonds. The number of thiol groups is 1. The second-order valence-corrected chi connectivity index (χ2v) is 7.38. The normalized spacial score (nSPS) is 18.6. The van der Waals surface area contributed by atoms with E-state index in [4.69, 9.17) is 4.42 Å². The molecule has 1 aromatic rings. The van der Waals surface area contributed by atoms with Crippen molar-refractivity contribution in [2.24, 2.45) is 0 Å². The van der Waals surface area contributed by atoms with Gasteiger partial charge in [0.1, 0.15) is 5.76 Å². The van der Waals surface area contributed by atoms with Gasteiger partial charge in [0.15, 0.2) is 0 Å². The van der Waals surface area contributed by atoms with Crippen LogP contribution in [-0.2, 0) is 17.8 Å². The second-order valence-electron chi connectivity index (χ2n) is 5.31. The zero-order valence-electron chi connectivity index (χ0n) is 11.6. The summed E-state index contributed by atoms with van der Waals surface area (Å²) >= 11 is 0. The van der Waals surface area contributed by atoms with Crippen LogP contribution in [0, 0.1) is 0 Å². The number of amides is 1. The summed E-state index contributed by atoms with van der Waals surface area (Å²) in [4.78, 5) is 14.1. The number of furan rings is 1. The maximum absolute atomic E-state index is 12.2. The van der Waals surface area contributed by atoms with E-state index in [0.717, 1.165) is 31.6 Å². The Labute approximate surface area is 122 Å². The molecule has 1 aromatic heterocycles. The molecule has 0 radical (unpaired) electrons. The van der Waals surface area contributed by atoms with Crippen LogP contribution in [0.15, 0.2) is 39.7 Å². The van der Waals surface area contributed by atoms with Crippen molar-refractivity contribution >= 4 is 16.8 Å². The van der Waals surface area contributed by atoms with E-state index in [0.29, 0.717) is 13.0 Å². The Morgan fingerprint density at radius 3 is 3.00 bits per heavy atom. The second kappa shape index (κ2) is 6.35. The lowest BCUT2D eigenvalue weighted by Gasteiger charge is -2.26. The summed E-state index contributed by atoms with van der Waals surface area (Å²) in [5, 5.41) is 4.58. The molecule has 0 spiro atoms. The summed E-state index contributed by atoms with van der Waals surface area (Å²) in [6.07, 6.45) is 9.73. The largest absolute Gasteiger partial charge is 0.467 e. The lowest BCUT2D eigenvalue weighted by Crippen LogP contribution is -2.35. The highest BCUT2D eigenvalue weighted by Gasteiger charge is 2.22. The summed E-state index contributed by atoms with van der Waals surface area (Å²) in [6, 6.07) is 2.02. The molecule has 4 heteroatoms. The molecule has 108 valence electrons. The highest BCUT2D eigenvalue weighted by molar-refractivity contribution is 8.22. The highest BCUT2D eigenvalue weighted by Crippen LogP contribution is 2.33. The van der Waals surface area contributed by atoms with Crippen molar-refractivity contribution < 1.29 is 9.21 Å². The maximum atomic E-state index is 12.2. The highest BCUT2D eigenvalue weighted by atomic mass is 32.2. The van der Waals surface area contributed by atoms with Gasteiger partial charge in [0.05, 0.1) is 12.8 Å². The number of nitrogens with zero attached hydrogens (tertiary/aromatic N) is 1. The molecular formula is C16H21NO2S. The average Bonchev–Trinajstić information content (AvgIpc) is 3.13. The number of hydrogen-bond acceptors (Lipinski definition) is 2.